The number of nitrogens with zero attached hydrogens (tertiary/aromatic N) is 1. The fourth-order valence-electron chi connectivity index (χ4n) is 1.50. The molecule has 2 aromatic rings. The van der Waals surface area contributed by atoms with Crippen LogP contribution in [0.1, 0.15) is 10.4 Å². The average Bonchev–Trinajstić information content (AvgIpc) is 2.42. The minimum absolute atomic E-state index is 0.258. The molecule has 0 aliphatic rings. The Morgan fingerprint density at radius 1 is 1.16 bits per heavy atom. The summed E-state index contributed by atoms with van der Waals surface area (Å²) in [6.07, 6.45) is 0. The molecule has 0 aromatic heterocycles. The van der Waals surface area contributed by atoms with Crippen molar-refractivity contribution in [1.82, 2.24) is 0 Å². The molecule has 0 saturated heterocycles. The van der Waals surface area contributed by atoms with Crippen molar-refractivity contribution in [3.05, 3.63) is 59.1 Å². The standard InChI is InChI=1S/C14H9ClN2OS/c15-13-4-2-1-3-12(13)14(18)17-10-5-7-11(8-6-10)19-9-16/h1-8H,(H,17,18). The van der Waals surface area contributed by atoms with Crippen molar-refractivity contribution in [3.8, 4) is 5.40 Å². The number of carbonyl (C=O) groups is 1. The molecule has 2 aromatic carbocycles. The Kier molecular flexibility index (Phi) is 4.45. The van der Waals surface area contributed by atoms with Gasteiger partial charge >= 0.3 is 0 Å². The van der Waals surface area contributed by atoms with Gasteiger partial charge in [0.05, 0.1) is 10.6 Å². The van der Waals surface area contributed by atoms with E-state index in [1.807, 2.05) is 5.40 Å². The van der Waals surface area contributed by atoms with E-state index in [-0.39, 0.29) is 5.91 Å². The van der Waals surface area contributed by atoms with E-state index in [9.17, 15) is 4.79 Å². The second-order valence-electron chi connectivity index (χ2n) is 3.65. The maximum atomic E-state index is 12.0. The van der Waals surface area contributed by atoms with Gasteiger partial charge in [-0.2, -0.15) is 5.26 Å². The zero-order chi connectivity index (χ0) is 13.7. The van der Waals surface area contributed by atoms with Crippen molar-refractivity contribution < 1.29 is 4.79 Å². The van der Waals surface area contributed by atoms with E-state index in [1.165, 1.54) is 0 Å². The molecular weight excluding hydrogens is 280 g/mol. The third-order valence-electron chi connectivity index (χ3n) is 2.39. The SMILES string of the molecule is N#CSc1ccc(NC(=O)c2ccccc2Cl)cc1. The number of anilines is 1. The lowest BCUT2D eigenvalue weighted by molar-refractivity contribution is 0.102. The maximum absolute atomic E-state index is 12.0. The van der Waals surface area contributed by atoms with E-state index >= 15 is 0 Å². The topological polar surface area (TPSA) is 52.9 Å². The summed E-state index contributed by atoms with van der Waals surface area (Å²) in [5.41, 5.74) is 1.09. The van der Waals surface area contributed by atoms with Crippen LogP contribution in [0.2, 0.25) is 5.02 Å². The van der Waals surface area contributed by atoms with Crippen LogP contribution in [0, 0.1) is 10.7 Å². The number of benzene rings is 2. The van der Waals surface area contributed by atoms with Gasteiger partial charge in [-0.15, -0.1) is 0 Å². The van der Waals surface area contributed by atoms with Crippen LogP contribution < -0.4 is 5.32 Å². The number of halogens is 1. The summed E-state index contributed by atoms with van der Waals surface area (Å²) < 4.78 is 0. The molecule has 3 nitrogen and oxygen atoms in total. The average molecular weight is 289 g/mol. The quantitative estimate of drug-likeness (QED) is 0.681. The molecule has 5 heteroatoms. The summed E-state index contributed by atoms with van der Waals surface area (Å²) >= 11 is 7.03. The summed E-state index contributed by atoms with van der Waals surface area (Å²) in [4.78, 5) is 12.8. The van der Waals surface area contributed by atoms with Gasteiger partial charge in [-0.05, 0) is 48.2 Å². The van der Waals surface area contributed by atoms with Gasteiger partial charge in [0.1, 0.15) is 5.40 Å². The fraction of sp³-hybridized carbons (Fsp3) is 0. The first-order valence-electron chi connectivity index (χ1n) is 5.42. The normalized spacial score (nSPS) is 9.68. The summed E-state index contributed by atoms with van der Waals surface area (Å²) in [7, 11) is 0. The number of hydrogen-bond acceptors (Lipinski definition) is 3. The van der Waals surface area contributed by atoms with E-state index in [2.05, 4.69) is 5.32 Å². The zero-order valence-corrected chi connectivity index (χ0v) is 11.3. The van der Waals surface area contributed by atoms with E-state index in [1.54, 1.807) is 48.5 Å². The van der Waals surface area contributed by atoms with Crippen molar-refractivity contribution >= 4 is 35.0 Å². The zero-order valence-electron chi connectivity index (χ0n) is 9.76. The summed E-state index contributed by atoms with van der Waals surface area (Å²) in [5.74, 6) is -0.258. The Morgan fingerprint density at radius 2 is 1.84 bits per heavy atom. The Morgan fingerprint density at radius 3 is 2.47 bits per heavy atom. The van der Waals surface area contributed by atoms with Crippen molar-refractivity contribution in [2.45, 2.75) is 4.90 Å². The highest BCUT2D eigenvalue weighted by atomic mass is 35.5. The second-order valence-corrected chi connectivity index (χ2v) is 4.92. The molecule has 0 heterocycles. The van der Waals surface area contributed by atoms with Crippen LogP contribution in [0.3, 0.4) is 0 Å². The fourth-order valence-corrected chi connectivity index (χ4v) is 2.10. The first kappa shape index (κ1) is 13.5. The van der Waals surface area contributed by atoms with Crippen LogP contribution >= 0.6 is 23.4 Å². The lowest BCUT2D eigenvalue weighted by atomic mass is 10.2. The third kappa shape index (κ3) is 3.50. The third-order valence-corrected chi connectivity index (χ3v) is 3.32. The molecule has 0 fully saturated rings. The first-order valence-corrected chi connectivity index (χ1v) is 6.62. The molecule has 94 valence electrons. The molecule has 1 amide bonds. The molecule has 0 saturated carbocycles. The van der Waals surface area contributed by atoms with Crippen LogP contribution in [0.4, 0.5) is 5.69 Å². The monoisotopic (exact) mass is 288 g/mol. The van der Waals surface area contributed by atoms with Crippen LogP contribution in [0.25, 0.3) is 0 Å². The van der Waals surface area contributed by atoms with Crippen LogP contribution in [0.15, 0.2) is 53.4 Å². The number of thiocyanates is 1. The Balaban J connectivity index is 2.11. The number of amides is 1. The van der Waals surface area contributed by atoms with Crippen LogP contribution in [-0.2, 0) is 0 Å². The number of hydrogen-bond donors (Lipinski definition) is 1. The molecular formula is C14H9ClN2OS. The Labute approximate surface area is 120 Å². The molecule has 0 atom stereocenters. The Bertz CT molecular complexity index is 635. The van der Waals surface area contributed by atoms with E-state index < -0.39 is 0 Å². The lowest BCUT2D eigenvalue weighted by Crippen LogP contribution is -2.12. The first-order chi connectivity index (χ1) is 9.20. The summed E-state index contributed by atoms with van der Waals surface area (Å²) in [6.45, 7) is 0. The molecule has 0 aliphatic heterocycles. The van der Waals surface area contributed by atoms with Gasteiger partial charge in [-0.25, -0.2) is 0 Å². The van der Waals surface area contributed by atoms with Crippen molar-refractivity contribution in [3.63, 3.8) is 0 Å². The van der Waals surface area contributed by atoms with Crippen molar-refractivity contribution in [2.75, 3.05) is 5.32 Å². The van der Waals surface area contributed by atoms with Gasteiger partial charge in [0.25, 0.3) is 5.91 Å². The number of thioether (sulfide) groups is 1. The minimum atomic E-state index is -0.258. The molecule has 0 bridgehead atoms. The number of carbonyl (C=O) groups excluding carboxylic acids is 1. The molecule has 2 rings (SSSR count). The summed E-state index contributed by atoms with van der Waals surface area (Å²) in [5, 5.41) is 13.7. The van der Waals surface area contributed by atoms with Gasteiger partial charge in [-0.3, -0.25) is 4.79 Å². The van der Waals surface area contributed by atoms with Crippen molar-refractivity contribution in [2.24, 2.45) is 0 Å². The van der Waals surface area contributed by atoms with Crippen LogP contribution in [-0.4, -0.2) is 5.91 Å². The molecule has 0 unspecified atom stereocenters. The molecule has 0 spiro atoms. The molecule has 0 aliphatic carbocycles. The molecule has 19 heavy (non-hydrogen) atoms. The smallest absolute Gasteiger partial charge is 0.257 e. The number of rotatable bonds is 3. The van der Waals surface area contributed by atoms with Crippen LogP contribution in [0.5, 0.6) is 0 Å². The maximum Gasteiger partial charge on any atom is 0.257 e. The number of nitrogens with one attached hydrogen (secondary N) is 1. The summed E-state index contributed by atoms with van der Waals surface area (Å²) in [6, 6.07) is 13.9. The number of nitriles is 1. The van der Waals surface area contributed by atoms with E-state index in [4.69, 9.17) is 16.9 Å². The van der Waals surface area contributed by atoms with Gasteiger partial charge in [0.15, 0.2) is 0 Å². The highest BCUT2D eigenvalue weighted by Gasteiger charge is 2.09. The van der Waals surface area contributed by atoms with E-state index in [0.29, 0.717) is 16.3 Å². The highest BCUT2D eigenvalue weighted by Crippen LogP contribution is 2.20. The predicted octanol–water partition coefficient (Wildman–Crippen LogP) is 4.17. The van der Waals surface area contributed by atoms with Gasteiger partial charge < -0.3 is 5.32 Å². The molecule has 0 radical (unpaired) electrons. The largest absolute Gasteiger partial charge is 0.322 e. The van der Waals surface area contributed by atoms with Gasteiger partial charge in [0, 0.05) is 10.6 Å². The Hall–Kier alpha value is -1.96. The van der Waals surface area contributed by atoms with E-state index in [0.717, 1.165) is 16.7 Å². The highest BCUT2D eigenvalue weighted by molar-refractivity contribution is 8.03. The van der Waals surface area contributed by atoms with Gasteiger partial charge in [0.2, 0.25) is 0 Å². The lowest BCUT2D eigenvalue weighted by Gasteiger charge is -2.06. The predicted molar refractivity (Wildman–Crippen MR) is 77.3 cm³/mol. The minimum Gasteiger partial charge on any atom is -0.322 e. The van der Waals surface area contributed by atoms with Crippen molar-refractivity contribution in [1.29, 1.82) is 5.26 Å². The second kappa shape index (κ2) is 6.28. The molecule has 1 N–H and O–H groups in total. The van der Waals surface area contributed by atoms with Gasteiger partial charge in [-0.1, -0.05) is 23.7 Å².